The minimum atomic E-state index is -3.40. The van der Waals surface area contributed by atoms with Gasteiger partial charge < -0.3 is 5.11 Å². The first-order chi connectivity index (χ1) is 9.94. The van der Waals surface area contributed by atoms with Crippen molar-refractivity contribution in [3.8, 4) is 0 Å². The van der Waals surface area contributed by atoms with Gasteiger partial charge in [0, 0.05) is 0 Å². The first-order valence-corrected chi connectivity index (χ1v) is 9.18. The standard InChI is InChI=1S/C16H22O4S/c1-2-13-8-9-14(10-15(13)16(17)18)21(19,20)11-12-6-4-3-5-7-12/h8-10,12H,2-7,11H2,1H3,(H,17,18). The number of aryl methyl sites for hydroxylation is 1. The number of carboxylic acid groups (broad SMARTS) is 1. The van der Waals surface area contributed by atoms with Gasteiger partial charge in [0.2, 0.25) is 0 Å². The fourth-order valence-electron chi connectivity index (χ4n) is 3.02. The molecule has 1 aliphatic carbocycles. The second-order valence-corrected chi connectivity index (χ2v) is 7.80. The van der Waals surface area contributed by atoms with Gasteiger partial charge >= 0.3 is 5.97 Å². The molecule has 0 aliphatic heterocycles. The van der Waals surface area contributed by atoms with Crippen LogP contribution in [0.1, 0.15) is 54.9 Å². The Balaban J connectivity index is 2.27. The monoisotopic (exact) mass is 310 g/mol. The van der Waals surface area contributed by atoms with Crippen molar-refractivity contribution < 1.29 is 18.3 Å². The third-order valence-electron chi connectivity index (χ3n) is 4.23. The minimum absolute atomic E-state index is 0.0993. The van der Waals surface area contributed by atoms with Crippen LogP contribution in [-0.4, -0.2) is 25.2 Å². The maximum Gasteiger partial charge on any atom is 0.336 e. The van der Waals surface area contributed by atoms with Crippen LogP contribution in [0.25, 0.3) is 0 Å². The van der Waals surface area contributed by atoms with Crippen LogP contribution in [0, 0.1) is 5.92 Å². The van der Waals surface area contributed by atoms with Crippen LogP contribution in [0.2, 0.25) is 0 Å². The van der Waals surface area contributed by atoms with E-state index < -0.39 is 15.8 Å². The van der Waals surface area contributed by atoms with Crippen LogP contribution >= 0.6 is 0 Å². The van der Waals surface area contributed by atoms with Gasteiger partial charge in [-0.15, -0.1) is 0 Å². The Kier molecular flexibility index (Phi) is 5.04. The molecule has 4 nitrogen and oxygen atoms in total. The summed E-state index contributed by atoms with van der Waals surface area (Å²) >= 11 is 0. The molecular weight excluding hydrogens is 288 g/mol. The summed E-state index contributed by atoms with van der Waals surface area (Å²) in [5.74, 6) is -0.721. The largest absolute Gasteiger partial charge is 0.478 e. The van der Waals surface area contributed by atoms with Crippen LogP contribution in [0.3, 0.4) is 0 Å². The van der Waals surface area contributed by atoms with E-state index in [1.54, 1.807) is 12.1 Å². The van der Waals surface area contributed by atoms with Crippen molar-refractivity contribution in [3.63, 3.8) is 0 Å². The van der Waals surface area contributed by atoms with Crippen LogP contribution < -0.4 is 0 Å². The molecule has 1 aliphatic rings. The summed E-state index contributed by atoms with van der Waals surface area (Å²) in [5.41, 5.74) is 0.765. The summed E-state index contributed by atoms with van der Waals surface area (Å²) in [6.07, 6.45) is 5.86. The number of aromatic carboxylic acids is 1. The number of hydrogen-bond acceptors (Lipinski definition) is 3. The number of hydrogen-bond donors (Lipinski definition) is 1. The molecule has 116 valence electrons. The molecule has 1 saturated carbocycles. The highest BCUT2D eigenvalue weighted by molar-refractivity contribution is 7.91. The molecule has 0 heterocycles. The Morgan fingerprint density at radius 3 is 2.48 bits per heavy atom. The van der Waals surface area contributed by atoms with E-state index in [0.717, 1.165) is 25.7 Å². The Morgan fingerprint density at radius 1 is 1.24 bits per heavy atom. The summed E-state index contributed by atoms with van der Waals surface area (Å²) in [4.78, 5) is 11.4. The van der Waals surface area contributed by atoms with Crippen molar-refractivity contribution in [1.29, 1.82) is 0 Å². The topological polar surface area (TPSA) is 71.4 Å². The molecular formula is C16H22O4S. The number of rotatable bonds is 5. The zero-order valence-electron chi connectivity index (χ0n) is 12.3. The van der Waals surface area contributed by atoms with E-state index in [4.69, 9.17) is 0 Å². The number of carbonyl (C=O) groups is 1. The maximum absolute atomic E-state index is 12.5. The normalized spacial score (nSPS) is 16.8. The SMILES string of the molecule is CCc1ccc(S(=O)(=O)CC2CCCCC2)cc1C(=O)O. The molecule has 0 atom stereocenters. The van der Waals surface area contributed by atoms with Gasteiger partial charge in [0.1, 0.15) is 0 Å². The van der Waals surface area contributed by atoms with Gasteiger partial charge in [-0.25, -0.2) is 13.2 Å². The Labute approximate surface area is 126 Å². The van der Waals surface area contributed by atoms with Crippen LogP contribution in [0.15, 0.2) is 23.1 Å². The molecule has 1 N–H and O–H groups in total. The zero-order chi connectivity index (χ0) is 15.5. The van der Waals surface area contributed by atoms with E-state index in [0.29, 0.717) is 12.0 Å². The Bertz CT molecular complexity index is 613. The number of benzene rings is 1. The van der Waals surface area contributed by atoms with E-state index in [2.05, 4.69) is 0 Å². The van der Waals surface area contributed by atoms with Gasteiger partial charge in [-0.3, -0.25) is 0 Å². The van der Waals surface area contributed by atoms with Crippen molar-refractivity contribution in [2.24, 2.45) is 5.92 Å². The van der Waals surface area contributed by atoms with Crippen molar-refractivity contribution >= 4 is 15.8 Å². The fourth-order valence-corrected chi connectivity index (χ4v) is 4.74. The number of carboxylic acids is 1. The van der Waals surface area contributed by atoms with Crippen molar-refractivity contribution in [2.45, 2.75) is 50.3 Å². The Hall–Kier alpha value is -1.36. The molecule has 0 aromatic heterocycles. The molecule has 0 unspecified atom stereocenters. The lowest BCUT2D eigenvalue weighted by atomic mass is 9.91. The second kappa shape index (κ2) is 6.60. The summed E-state index contributed by atoms with van der Waals surface area (Å²) in [5, 5.41) is 9.21. The highest BCUT2D eigenvalue weighted by Crippen LogP contribution is 2.27. The zero-order valence-corrected chi connectivity index (χ0v) is 13.2. The molecule has 2 rings (SSSR count). The van der Waals surface area contributed by atoms with Gasteiger partial charge in [-0.05, 0) is 42.9 Å². The molecule has 0 bridgehead atoms. The van der Waals surface area contributed by atoms with E-state index in [1.807, 2.05) is 6.92 Å². The van der Waals surface area contributed by atoms with Crippen LogP contribution in [-0.2, 0) is 16.3 Å². The lowest BCUT2D eigenvalue weighted by molar-refractivity contribution is 0.0695. The van der Waals surface area contributed by atoms with Gasteiger partial charge in [-0.2, -0.15) is 0 Å². The molecule has 1 fully saturated rings. The predicted octanol–water partition coefficient (Wildman–Crippen LogP) is 3.30. The second-order valence-electron chi connectivity index (χ2n) is 5.76. The highest BCUT2D eigenvalue weighted by Gasteiger charge is 2.24. The lowest BCUT2D eigenvalue weighted by Crippen LogP contribution is -2.19. The summed E-state index contributed by atoms with van der Waals surface area (Å²) in [6.45, 7) is 1.86. The van der Waals surface area contributed by atoms with Crippen molar-refractivity contribution in [2.75, 3.05) is 5.75 Å². The molecule has 21 heavy (non-hydrogen) atoms. The fraction of sp³-hybridized carbons (Fsp3) is 0.562. The molecule has 5 heteroatoms. The molecule has 0 amide bonds. The molecule has 1 aromatic rings. The highest BCUT2D eigenvalue weighted by atomic mass is 32.2. The predicted molar refractivity (Wildman–Crippen MR) is 81.4 cm³/mol. The third-order valence-corrected chi connectivity index (χ3v) is 6.11. The lowest BCUT2D eigenvalue weighted by Gasteiger charge is -2.21. The molecule has 1 aromatic carbocycles. The number of sulfone groups is 1. The van der Waals surface area contributed by atoms with E-state index >= 15 is 0 Å². The quantitative estimate of drug-likeness (QED) is 0.905. The van der Waals surface area contributed by atoms with Crippen molar-refractivity contribution in [3.05, 3.63) is 29.3 Å². The van der Waals surface area contributed by atoms with Gasteiger partial charge in [0.05, 0.1) is 16.2 Å². The summed E-state index contributed by atoms with van der Waals surface area (Å²) < 4.78 is 25.0. The van der Waals surface area contributed by atoms with E-state index in [1.165, 1.54) is 12.5 Å². The molecule has 0 saturated heterocycles. The van der Waals surface area contributed by atoms with E-state index in [9.17, 15) is 18.3 Å². The first-order valence-electron chi connectivity index (χ1n) is 7.53. The van der Waals surface area contributed by atoms with E-state index in [-0.39, 0.29) is 22.1 Å². The third kappa shape index (κ3) is 3.84. The Morgan fingerprint density at radius 2 is 1.90 bits per heavy atom. The average molecular weight is 310 g/mol. The van der Waals surface area contributed by atoms with Gasteiger partial charge in [0.25, 0.3) is 0 Å². The summed E-state index contributed by atoms with van der Waals surface area (Å²) in [6, 6.07) is 4.49. The first kappa shape index (κ1) is 16.0. The van der Waals surface area contributed by atoms with Gasteiger partial charge in [-0.1, -0.05) is 32.3 Å². The summed E-state index contributed by atoms with van der Waals surface area (Å²) in [7, 11) is -3.40. The van der Waals surface area contributed by atoms with Gasteiger partial charge in [0.15, 0.2) is 9.84 Å². The molecule has 0 radical (unpaired) electrons. The average Bonchev–Trinajstić information content (AvgIpc) is 2.47. The van der Waals surface area contributed by atoms with Crippen molar-refractivity contribution in [1.82, 2.24) is 0 Å². The van der Waals surface area contributed by atoms with Crippen LogP contribution in [0.4, 0.5) is 0 Å². The molecule has 0 spiro atoms. The minimum Gasteiger partial charge on any atom is -0.478 e. The maximum atomic E-state index is 12.5. The smallest absolute Gasteiger partial charge is 0.336 e. The van der Waals surface area contributed by atoms with Crippen LogP contribution in [0.5, 0.6) is 0 Å².